The minimum atomic E-state index is -0.277. The molecule has 0 aliphatic heterocycles. The SMILES string of the molecule is CCOc1cccc(OCC[N+](C)(C)C)c1C(=O)Nc1ccc(Cl)c(C)c1. The smallest absolute Gasteiger partial charge is 0.263 e. The van der Waals surface area contributed by atoms with Crippen LogP contribution in [-0.4, -0.2) is 51.3 Å². The van der Waals surface area contributed by atoms with Crippen molar-refractivity contribution < 1.29 is 18.8 Å². The molecular weight excluding hydrogens is 364 g/mol. The predicted octanol–water partition coefficient (Wildman–Crippen LogP) is 4.38. The molecule has 2 aromatic carbocycles. The van der Waals surface area contributed by atoms with E-state index in [-0.39, 0.29) is 5.91 Å². The van der Waals surface area contributed by atoms with Crippen molar-refractivity contribution in [2.24, 2.45) is 0 Å². The summed E-state index contributed by atoms with van der Waals surface area (Å²) in [5.74, 6) is 0.738. The summed E-state index contributed by atoms with van der Waals surface area (Å²) in [5, 5.41) is 3.57. The van der Waals surface area contributed by atoms with Gasteiger partial charge >= 0.3 is 0 Å². The number of quaternary nitrogens is 1. The van der Waals surface area contributed by atoms with Crippen molar-refractivity contribution in [3.8, 4) is 11.5 Å². The maximum Gasteiger partial charge on any atom is 0.263 e. The van der Waals surface area contributed by atoms with Crippen LogP contribution < -0.4 is 14.8 Å². The van der Waals surface area contributed by atoms with E-state index in [2.05, 4.69) is 26.5 Å². The highest BCUT2D eigenvalue weighted by molar-refractivity contribution is 6.31. The summed E-state index contributed by atoms with van der Waals surface area (Å²) in [7, 11) is 6.28. The van der Waals surface area contributed by atoms with Gasteiger partial charge in [0.1, 0.15) is 30.2 Å². The van der Waals surface area contributed by atoms with Gasteiger partial charge < -0.3 is 19.3 Å². The molecule has 2 rings (SSSR count). The van der Waals surface area contributed by atoms with Gasteiger partial charge in [-0.05, 0) is 49.7 Å². The molecule has 0 atom stereocenters. The summed E-state index contributed by atoms with van der Waals surface area (Å²) in [4.78, 5) is 13.0. The van der Waals surface area contributed by atoms with Crippen molar-refractivity contribution >= 4 is 23.2 Å². The topological polar surface area (TPSA) is 47.6 Å². The molecule has 0 heterocycles. The minimum absolute atomic E-state index is 0.277. The number of hydrogen-bond donors (Lipinski definition) is 1. The fourth-order valence-electron chi connectivity index (χ4n) is 2.48. The van der Waals surface area contributed by atoms with Gasteiger partial charge in [-0.15, -0.1) is 0 Å². The molecule has 0 radical (unpaired) electrons. The molecule has 0 bridgehead atoms. The quantitative estimate of drug-likeness (QED) is 0.679. The number of benzene rings is 2. The number of anilines is 1. The Kier molecular flexibility index (Phi) is 7.11. The maximum absolute atomic E-state index is 13.0. The first kappa shape index (κ1) is 21.1. The van der Waals surface area contributed by atoms with E-state index in [1.807, 2.05) is 26.0 Å². The van der Waals surface area contributed by atoms with Gasteiger partial charge in [-0.3, -0.25) is 4.79 Å². The molecule has 0 saturated carbocycles. The van der Waals surface area contributed by atoms with Crippen LogP contribution in [0, 0.1) is 6.92 Å². The van der Waals surface area contributed by atoms with E-state index in [9.17, 15) is 4.79 Å². The normalized spacial score (nSPS) is 11.2. The molecule has 27 heavy (non-hydrogen) atoms. The maximum atomic E-state index is 13.0. The Morgan fingerprint density at radius 1 is 1.11 bits per heavy atom. The van der Waals surface area contributed by atoms with Crippen LogP contribution in [0.5, 0.6) is 11.5 Å². The van der Waals surface area contributed by atoms with E-state index in [1.54, 1.807) is 24.3 Å². The standard InChI is InChI=1S/C21H27ClN2O3/c1-6-26-18-8-7-9-19(27-13-12-24(3,4)5)20(18)21(25)23-16-10-11-17(22)15(2)14-16/h7-11,14H,6,12-13H2,1-5H3/p+1. The summed E-state index contributed by atoms with van der Waals surface area (Å²) in [6.07, 6.45) is 0. The fourth-order valence-corrected chi connectivity index (χ4v) is 2.59. The van der Waals surface area contributed by atoms with E-state index in [1.165, 1.54) is 0 Å². The van der Waals surface area contributed by atoms with Crippen LogP contribution in [-0.2, 0) is 0 Å². The lowest BCUT2D eigenvalue weighted by molar-refractivity contribution is -0.870. The van der Waals surface area contributed by atoms with Crippen LogP contribution in [0.25, 0.3) is 0 Å². The fraction of sp³-hybridized carbons (Fsp3) is 0.381. The number of amides is 1. The molecule has 0 fully saturated rings. The number of rotatable bonds is 8. The highest BCUT2D eigenvalue weighted by atomic mass is 35.5. The molecule has 0 saturated heterocycles. The third-order valence-electron chi connectivity index (χ3n) is 3.95. The average Bonchev–Trinajstić information content (AvgIpc) is 2.57. The molecule has 2 aromatic rings. The monoisotopic (exact) mass is 391 g/mol. The molecule has 6 heteroatoms. The van der Waals surface area contributed by atoms with Crippen LogP contribution in [0.15, 0.2) is 36.4 Å². The van der Waals surface area contributed by atoms with Crippen molar-refractivity contribution in [2.45, 2.75) is 13.8 Å². The number of likely N-dealkylation sites (N-methyl/N-ethyl adjacent to an activating group) is 1. The second-order valence-corrected chi connectivity index (χ2v) is 7.75. The third-order valence-corrected chi connectivity index (χ3v) is 4.37. The summed E-state index contributed by atoms with van der Waals surface area (Å²) >= 11 is 6.07. The molecule has 5 nitrogen and oxygen atoms in total. The highest BCUT2D eigenvalue weighted by Gasteiger charge is 2.20. The lowest BCUT2D eigenvalue weighted by Gasteiger charge is -2.24. The number of nitrogens with zero attached hydrogens (tertiary/aromatic N) is 1. The Bertz CT molecular complexity index is 800. The Labute approximate surface area is 166 Å². The van der Waals surface area contributed by atoms with Gasteiger partial charge in [0.25, 0.3) is 5.91 Å². The summed E-state index contributed by atoms with van der Waals surface area (Å²) in [5.41, 5.74) is 1.96. The van der Waals surface area contributed by atoms with Crippen molar-refractivity contribution in [1.29, 1.82) is 0 Å². The molecule has 0 aromatic heterocycles. The van der Waals surface area contributed by atoms with Gasteiger partial charge in [0.2, 0.25) is 0 Å². The van der Waals surface area contributed by atoms with Gasteiger partial charge in [0.05, 0.1) is 27.7 Å². The number of aryl methyl sites for hydroxylation is 1. The van der Waals surface area contributed by atoms with E-state index in [0.717, 1.165) is 16.6 Å². The molecule has 1 N–H and O–H groups in total. The van der Waals surface area contributed by atoms with Crippen LogP contribution in [0.2, 0.25) is 5.02 Å². The first-order chi connectivity index (χ1) is 12.7. The lowest BCUT2D eigenvalue weighted by Crippen LogP contribution is -2.38. The molecule has 1 amide bonds. The molecule has 0 unspecified atom stereocenters. The second-order valence-electron chi connectivity index (χ2n) is 7.34. The lowest BCUT2D eigenvalue weighted by atomic mass is 10.1. The van der Waals surface area contributed by atoms with Gasteiger partial charge in [-0.2, -0.15) is 0 Å². The zero-order valence-corrected chi connectivity index (χ0v) is 17.4. The van der Waals surface area contributed by atoms with Crippen LogP contribution in [0.3, 0.4) is 0 Å². The zero-order valence-electron chi connectivity index (χ0n) is 16.6. The third kappa shape index (κ3) is 6.15. The van der Waals surface area contributed by atoms with Gasteiger partial charge in [-0.1, -0.05) is 17.7 Å². The second kappa shape index (κ2) is 9.11. The van der Waals surface area contributed by atoms with Crippen molar-refractivity contribution in [2.75, 3.05) is 46.2 Å². The van der Waals surface area contributed by atoms with E-state index >= 15 is 0 Å². The Morgan fingerprint density at radius 3 is 2.37 bits per heavy atom. The van der Waals surface area contributed by atoms with Crippen LogP contribution in [0.4, 0.5) is 5.69 Å². The summed E-state index contributed by atoms with van der Waals surface area (Å²) in [6.45, 7) is 5.55. The van der Waals surface area contributed by atoms with Crippen LogP contribution in [0.1, 0.15) is 22.8 Å². The van der Waals surface area contributed by atoms with Crippen LogP contribution >= 0.6 is 11.6 Å². The van der Waals surface area contributed by atoms with E-state index in [0.29, 0.717) is 41.0 Å². The molecular formula is C21H28ClN2O3+. The Hall–Kier alpha value is -2.24. The van der Waals surface area contributed by atoms with Gasteiger partial charge in [-0.25, -0.2) is 0 Å². The predicted molar refractivity (Wildman–Crippen MR) is 110 cm³/mol. The van der Waals surface area contributed by atoms with Gasteiger partial charge in [0, 0.05) is 10.7 Å². The number of carbonyl (C=O) groups is 1. The van der Waals surface area contributed by atoms with Crippen molar-refractivity contribution in [3.63, 3.8) is 0 Å². The number of nitrogens with one attached hydrogen (secondary N) is 1. The zero-order chi connectivity index (χ0) is 20.0. The Morgan fingerprint density at radius 2 is 1.78 bits per heavy atom. The van der Waals surface area contributed by atoms with Crippen molar-refractivity contribution in [1.82, 2.24) is 0 Å². The molecule has 146 valence electrons. The first-order valence-electron chi connectivity index (χ1n) is 8.98. The first-order valence-corrected chi connectivity index (χ1v) is 9.35. The largest absolute Gasteiger partial charge is 0.493 e. The van der Waals surface area contributed by atoms with Gasteiger partial charge in [0.15, 0.2) is 0 Å². The van der Waals surface area contributed by atoms with E-state index in [4.69, 9.17) is 21.1 Å². The molecule has 0 aliphatic carbocycles. The van der Waals surface area contributed by atoms with Crippen molar-refractivity contribution in [3.05, 3.63) is 52.5 Å². The summed E-state index contributed by atoms with van der Waals surface area (Å²) in [6, 6.07) is 10.8. The highest BCUT2D eigenvalue weighted by Crippen LogP contribution is 2.30. The average molecular weight is 392 g/mol. The number of carbonyl (C=O) groups excluding carboxylic acids is 1. The number of hydrogen-bond acceptors (Lipinski definition) is 3. The van der Waals surface area contributed by atoms with E-state index < -0.39 is 0 Å². The molecule has 0 aliphatic rings. The minimum Gasteiger partial charge on any atom is -0.493 e. The molecule has 0 spiro atoms. The number of halogens is 1. The summed E-state index contributed by atoms with van der Waals surface area (Å²) < 4.78 is 12.4. The number of ether oxygens (including phenoxy) is 2. The Balaban J connectivity index is 2.27.